The van der Waals surface area contributed by atoms with Crippen LogP contribution in [0.25, 0.3) is 0 Å². The predicted octanol–water partition coefficient (Wildman–Crippen LogP) is 0.799. The lowest BCUT2D eigenvalue weighted by atomic mass is 10.8. The van der Waals surface area contributed by atoms with Gasteiger partial charge in [-0.1, -0.05) is 11.6 Å². The first-order valence-corrected chi connectivity index (χ1v) is 2.39. The lowest BCUT2D eigenvalue weighted by Crippen LogP contribution is -2.01. The van der Waals surface area contributed by atoms with Gasteiger partial charge < -0.3 is 4.74 Å². The second kappa shape index (κ2) is 1.37. The quantitative estimate of drug-likeness (QED) is 0.503. The molecule has 7 heavy (non-hydrogen) atoms. The summed E-state index contributed by atoms with van der Waals surface area (Å²) in [6.07, 6.45) is 1.54. The minimum absolute atomic E-state index is 0.651. The molecule has 2 nitrogen and oxygen atoms in total. The van der Waals surface area contributed by atoms with Gasteiger partial charge in [0.15, 0.2) is 5.06 Å². The normalized spacial score (nSPS) is 23.6. The monoisotopic (exact) mass is 119 g/mol. The first-order chi connectivity index (χ1) is 3.27. The van der Waals surface area contributed by atoms with Crippen LogP contribution < -0.4 is 0 Å². The number of hydrogen-bond acceptors (Lipinski definition) is 2. The van der Waals surface area contributed by atoms with Crippen LogP contribution in [-0.4, -0.2) is 11.5 Å². The van der Waals surface area contributed by atoms with Crippen LogP contribution in [-0.2, 0) is 9.53 Å². The van der Waals surface area contributed by atoms with E-state index in [9.17, 15) is 4.79 Å². The van der Waals surface area contributed by atoms with Gasteiger partial charge in [0.05, 0.1) is 0 Å². The molecule has 1 aliphatic rings. The summed E-state index contributed by atoms with van der Waals surface area (Å²) in [4.78, 5) is 9.43. The van der Waals surface area contributed by atoms with E-state index in [4.69, 9.17) is 11.6 Å². The predicted molar refractivity (Wildman–Crippen MR) is 24.6 cm³/mol. The first-order valence-electron chi connectivity index (χ1n) is 2.01. The molecule has 3 heteroatoms. The maximum Gasteiger partial charge on any atom is 0.419 e. The fourth-order valence-corrected chi connectivity index (χ4v) is 0.401. The minimum atomic E-state index is -0.651. The third kappa shape index (κ3) is 1.06. The molecule has 0 atom stereocenters. The van der Waals surface area contributed by atoms with E-state index in [1.54, 1.807) is 0 Å². The summed E-state index contributed by atoms with van der Waals surface area (Å²) >= 11 is 5.46. The molecule has 0 saturated heterocycles. The van der Waals surface area contributed by atoms with Gasteiger partial charge in [0.2, 0.25) is 0 Å². The lowest BCUT2D eigenvalue weighted by Gasteiger charge is -1.96. The molecule has 1 rings (SSSR count). The number of halogens is 1. The molecule has 0 unspecified atom stereocenters. The van der Waals surface area contributed by atoms with Crippen molar-refractivity contribution in [2.45, 2.75) is 17.9 Å². The van der Waals surface area contributed by atoms with Crippen LogP contribution in [0.5, 0.6) is 0 Å². The van der Waals surface area contributed by atoms with Crippen LogP contribution in [0.2, 0.25) is 0 Å². The second-order valence-corrected chi connectivity index (χ2v) is 2.26. The molecule has 39 valence electrons. The van der Waals surface area contributed by atoms with Crippen molar-refractivity contribution >= 4 is 18.1 Å². The standard InChI is InChI=1S/C4H4ClO2/c5-4(1-2-4)7-3-6/h1-2H2. The van der Waals surface area contributed by atoms with Gasteiger partial charge in [-0.3, -0.25) is 0 Å². The SMILES string of the molecule is O=[C]OC1(Cl)CC1. The third-order valence-corrected chi connectivity index (χ3v) is 1.32. The van der Waals surface area contributed by atoms with Gasteiger partial charge in [-0.15, -0.1) is 0 Å². The molecular weight excluding hydrogens is 115 g/mol. The topological polar surface area (TPSA) is 26.3 Å². The van der Waals surface area contributed by atoms with Crippen LogP contribution in [0.1, 0.15) is 12.8 Å². The van der Waals surface area contributed by atoms with Gasteiger partial charge in [0.25, 0.3) is 0 Å². The molecule has 0 aromatic carbocycles. The average Bonchev–Trinajstić information content (AvgIpc) is 2.22. The molecule has 1 saturated carbocycles. The Bertz CT molecular complexity index is 87.7. The highest BCUT2D eigenvalue weighted by Gasteiger charge is 2.43. The Labute approximate surface area is 46.4 Å². The van der Waals surface area contributed by atoms with Crippen LogP contribution in [0, 0.1) is 0 Å². The number of rotatable bonds is 2. The van der Waals surface area contributed by atoms with E-state index >= 15 is 0 Å². The van der Waals surface area contributed by atoms with Gasteiger partial charge in [-0.2, -0.15) is 0 Å². The molecule has 1 fully saturated rings. The Morgan fingerprint density at radius 2 is 2.29 bits per heavy atom. The van der Waals surface area contributed by atoms with Crippen molar-refractivity contribution in [2.24, 2.45) is 0 Å². The van der Waals surface area contributed by atoms with E-state index in [2.05, 4.69) is 4.74 Å². The number of carbonyl (C=O) groups excluding carboxylic acids is 1. The maximum atomic E-state index is 9.43. The molecule has 1 radical (unpaired) electrons. The van der Waals surface area contributed by atoms with Gasteiger partial charge >= 0.3 is 6.47 Å². The van der Waals surface area contributed by atoms with Crippen molar-refractivity contribution in [1.82, 2.24) is 0 Å². The van der Waals surface area contributed by atoms with Crippen molar-refractivity contribution in [3.8, 4) is 0 Å². The highest BCUT2D eigenvalue weighted by molar-refractivity contribution is 6.25. The highest BCUT2D eigenvalue weighted by Crippen LogP contribution is 2.42. The van der Waals surface area contributed by atoms with E-state index in [1.807, 2.05) is 0 Å². The summed E-state index contributed by atoms with van der Waals surface area (Å²) in [5.74, 6) is 0. The fraction of sp³-hybridized carbons (Fsp3) is 0.750. The summed E-state index contributed by atoms with van der Waals surface area (Å²) in [7, 11) is 0. The smallest absolute Gasteiger partial charge is 0.419 e. The van der Waals surface area contributed by atoms with E-state index in [0.717, 1.165) is 12.8 Å². The molecule has 1 aliphatic carbocycles. The summed E-state index contributed by atoms with van der Waals surface area (Å²) < 4.78 is 4.30. The van der Waals surface area contributed by atoms with Crippen molar-refractivity contribution < 1.29 is 9.53 Å². The van der Waals surface area contributed by atoms with Crippen LogP contribution in [0.15, 0.2) is 0 Å². The average molecular weight is 120 g/mol. The summed E-state index contributed by atoms with van der Waals surface area (Å²) in [6.45, 7) is 1.29. The van der Waals surface area contributed by atoms with E-state index in [0.29, 0.717) is 0 Å². The van der Waals surface area contributed by atoms with Gasteiger partial charge in [-0.05, 0) is 0 Å². The van der Waals surface area contributed by atoms with E-state index in [-0.39, 0.29) is 0 Å². The Morgan fingerprint density at radius 3 is 2.43 bits per heavy atom. The maximum absolute atomic E-state index is 9.43. The van der Waals surface area contributed by atoms with Crippen molar-refractivity contribution in [3.05, 3.63) is 0 Å². The molecule has 0 aliphatic heterocycles. The zero-order valence-electron chi connectivity index (χ0n) is 3.61. The fourth-order valence-electron chi connectivity index (χ4n) is 0.275. The van der Waals surface area contributed by atoms with Crippen LogP contribution >= 0.6 is 11.6 Å². The highest BCUT2D eigenvalue weighted by atomic mass is 35.5. The Balaban J connectivity index is 2.25. The van der Waals surface area contributed by atoms with Crippen LogP contribution in [0.4, 0.5) is 0 Å². The largest absolute Gasteiger partial charge is 0.435 e. The molecule has 0 bridgehead atoms. The molecule has 0 N–H and O–H groups in total. The zero-order chi connectivity index (χ0) is 5.33. The summed E-state index contributed by atoms with van der Waals surface area (Å²) in [5.41, 5.74) is 0. The molecular formula is C4H4ClO2. The molecule has 0 spiro atoms. The van der Waals surface area contributed by atoms with Crippen molar-refractivity contribution in [2.75, 3.05) is 0 Å². The Morgan fingerprint density at radius 1 is 1.71 bits per heavy atom. The lowest BCUT2D eigenvalue weighted by molar-refractivity contribution is 0.231. The summed E-state index contributed by atoms with van der Waals surface area (Å²) in [5, 5.41) is -0.651. The summed E-state index contributed by atoms with van der Waals surface area (Å²) in [6, 6.07) is 0. The second-order valence-electron chi connectivity index (χ2n) is 1.57. The molecule has 0 amide bonds. The van der Waals surface area contributed by atoms with Crippen molar-refractivity contribution in [3.63, 3.8) is 0 Å². The number of hydrogen-bond donors (Lipinski definition) is 0. The minimum Gasteiger partial charge on any atom is -0.435 e. The first kappa shape index (κ1) is 4.91. The molecule has 0 heterocycles. The van der Waals surface area contributed by atoms with E-state index < -0.39 is 5.06 Å². The number of ether oxygens (including phenoxy) is 1. The van der Waals surface area contributed by atoms with Gasteiger partial charge in [0, 0.05) is 12.8 Å². The van der Waals surface area contributed by atoms with E-state index in [1.165, 1.54) is 6.47 Å². The Kier molecular flexibility index (Phi) is 0.961. The number of alkyl halides is 1. The van der Waals surface area contributed by atoms with Crippen molar-refractivity contribution in [1.29, 1.82) is 0 Å². The third-order valence-electron chi connectivity index (χ3n) is 0.868. The van der Waals surface area contributed by atoms with Crippen LogP contribution in [0.3, 0.4) is 0 Å². The molecule has 0 aromatic rings. The zero-order valence-corrected chi connectivity index (χ0v) is 4.36. The van der Waals surface area contributed by atoms with Gasteiger partial charge in [-0.25, -0.2) is 4.79 Å². The van der Waals surface area contributed by atoms with Gasteiger partial charge in [0.1, 0.15) is 0 Å². The molecule has 0 aromatic heterocycles. The Hall–Kier alpha value is -0.240.